The molecule has 2 aromatic rings. The Kier molecular flexibility index (Phi) is 6.80. The van der Waals surface area contributed by atoms with E-state index >= 15 is 0 Å². The molecular weight excluding hydrogens is 458 g/mol. The maximum atomic E-state index is 12.6. The lowest BCUT2D eigenvalue weighted by atomic mass is 9.95. The number of carbonyl (C=O) groups excluding carboxylic acids is 3. The van der Waals surface area contributed by atoms with Crippen LogP contribution >= 0.6 is 15.9 Å². The summed E-state index contributed by atoms with van der Waals surface area (Å²) in [6.07, 6.45) is 6.61. The number of carbonyl (C=O) groups is 3. The molecule has 2 heterocycles. The number of anilines is 1. The average molecular weight is 484 g/mol. The third-order valence-corrected chi connectivity index (χ3v) is 6.65. The summed E-state index contributed by atoms with van der Waals surface area (Å²) < 4.78 is 0.854. The summed E-state index contributed by atoms with van der Waals surface area (Å²) in [6.45, 7) is 1.08. The summed E-state index contributed by atoms with van der Waals surface area (Å²) in [4.78, 5) is 43.5. The fraction of sp³-hybridized carbons (Fsp3) is 0.417. The van der Waals surface area contributed by atoms with E-state index in [-0.39, 0.29) is 36.4 Å². The van der Waals surface area contributed by atoms with Gasteiger partial charge in [0.15, 0.2) is 5.78 Å². The van der Waals surface area contributed by atoms with Crippen molar-refractivity contribution in [3.05, 3.63) is 57.7 Å². The minimum Gasteiger partial charge on any atom is -0.343 e. The summed E-state index contributed by atoms with van der Waals surface area (Å²) >= 11 is 3.32. The number of benzene rings is 1. The number of nitrogens with one attached hydrogen (secondary N) is 1. The van der Waals surface area contributed by atoms with Gasteiger partial charge in [0.05, 0.1) is 0 Å². The second-order valence-electron chi connectivity index (χ2n) is 8.27. The average Bonchev–Trinajstić information content (AvgIpc) is 3.27. The molecule has 2 amide bonds. The molecule has 0 atom stereocenters. The number of halogens is 1. The Hall–Kier alpha value is -2.54. The lowest BCUT2D eigenvalue weighted by molar-refractivity contribution is -0.134. The Labute approximate surface area is 190 Å². The Bertz CT molecular complexity index is 982. The molecule has 162 valence electrons. The summed E-state index contributed by atoms with van der Waals surface area (Å²) in [5.41, 5.74) is 3.33. The first kappa shape index (κ1) is 21.7. The largest absolute Gasteiger partial charge is 0.343 e. The van der Waals surface area contributed by atoms with Crippen LogP contribution in [0.5, 0.6) is 0 Å². The monoisotopic (exact) mass is 483 g/mol. The van der Waals surface area contributed by atoms with Crippen LogP contribution in [0.2, 0.25) is 0 Å². The first-order valence-electron chi connectivity index (χ1n) is 10.8. The van der Waals surface area contributed by atoms with E-state index in [0.29, 0.717) is 37.3 Å². The van der Waals surface area contributed by atoms with Gasteiger partial charge in [0.1, 0.15) is 5.82 Å². The SMILES string of the molecule is O=C(CCC(=O)N1CCC(C(=O)Nc2ccc(Br)cn2)CC1)c1ccc2c(c1)CCC2. The van der Waals surface area contributed by atoms with E-state index < -0.39 is 0 Å². The molecular formula is C24H26BrN3O3. The number of rotatable bonds is 6. The number of pyridine rings is 1. The Balaban J connectivity index is 1.22. The summed E-state index contributed by atoms with van der Waals surface area (Å²) in [7, 11) is 0. The molecule has 1 aromatic heterocycles. The van der Waals surface area contributed by atoms with Gasteiger partial charge in [-0.25, -0.2) is 4.98 Å². The lowest BCUT2D eigenvalue weighted by Gasteiger charge is -2.31. The van der Waals surface area contributed by atoms with Gasteiger partial charge in [-0.2, -0.15) is 0 Å². The molecule has 1 N–H and O–H groups in total. The second-order valence-corrected chi connectivity index (χ2v) is 9.18. The third kappa shape index (κ3) is 5.39. The van der Waals surface area contributed by atoms with Gasteiger partial charge in [0, 0.05) is 48.1 Å². The Morgan fingerprint density at radius 3 is 2.55 bits per heavy atom. The topological polar surface area (TPSA) is 79.4 Å². The van der Waals surface area contributed by atoms with Crippen LogP contribution in [0.25, 0.3) is 0 Å². The van der Waals surface area contributed by atoms with E-state index in [1.54, 1.807) is 17.2 Å². The fourth-order valence-electron chi connectivity index (χ4n) is 4.34. The third-order valence-electron chi connectivity index (χ3n) is 6.18. The number of piperidine rings is 1. The highest BCUT2D eigenvalue weighted by molar-refractivity contribution is 9.10. The molecule has 0 unspecified atom stereocenters. The molecule has 4 rings (SSSR count). The standard InChI is InChI=1S/C24H26BrN3O3/c25-20-6-8-22(26-15-20)27-24(31)17-10-12-28(13-11-17)23(30)9-7-21(29)19-5-4-16-2-1-3-18(16)14-19/h4-6,8,14-15,17H,1-3,7,9-13H2,(H,26,27,31). The molecule has 0 saturated carbocycles. The highest BCUT2D eigenvalue weighted by Gasteiger charge is 2.27. The van der Waals surface area contributed by atoms with Crippen molar-refractivity contribution in [2.75, 3.05) is 18.4 Å². The van der Waals surface area contributed by atoms with Crippen molar-refractivity contribution in [3.63, 3.8) is 0 Å². The van der Waals surface area contributed by atoms with E-state index in [1.807, 2.05) is 18.2 Å². The van der Waals surface area contributed by atoms with Crippen LogP contribution in [0.3, 0.4) is 0 Å². The van der Waals surface area contributed by atoms with Crippen LogP contribution < -0.4 is 5.32 Å². The van der Waals surface area contributed by atoms with Crippen molar-refractivity contribution in [1.82, 2.24) is 9.88 Å². The zero-order valence-corrected chi connectivity index (χ0v) is 19.0. The summed E-state index contributed by atoms with van der Waals surface area (Å²) in [5, 5.41) is 2.84. The van der Waals surface area contributed by atoms with E-state index in [9.17, 15) is 14.4 Å². The van der Waals surface area contributed by atoms with Gasteiger partial charge in [0.2, 0.25) is 11.8 Å². The van der Waals surface area contributed by atoms with Crippen LogP contribution in [0, 0.1) is 5.92 Å². The van der Waals surface area contributed by atoms with Gasteiger partial charge in [0.25, 0.3) is 0 Å². The Morgan fingerprint density at radius 1 is 1.03 bits per heavy atom. The first-order valence-corrected chi connectivity index (χ1v) is 11.6. The van der Waals surface area contributed by atoms with E-state index in [4.69, 9.17) is 0 Å². The van der Waals surface area contributed by atoms with Gasteiger partial charge in [-0.15, -0.1) is 0 Å². The molecule has 7 heteroatoms. The number of amides is 2. The molecule has 1 saturated heterocycles. The van der Waals surface area contributed by atoms with Crippen LogP contribution in [0.15, 0.2) is 41.0 Å². The van der Waals surface area contributed by atoms with Crippen molar-refractivity contribution in [3.8, 4) is 0 Å². The predicted octanol–water partition coefficient (Wildman–Crippen LogP) is 4.17. The summed E-state index contributed by atoms with van der Waals surface area (Å²) in [6, 6.07) is 9.52. The number of hydrogen-bond donors (Lipinski definition) is 1. The fourth-order valence-corrected chi connectivity index (χ4v) is 4.57. The highest BCUT2D eigenvalue weighted by Crippen LogP contribution is 2.24. The molecule has 2 aliphatic rings. The number of likely N-dealkylation sites (tertiary alicyclic amines) is 1. The molecule has 1 aromatic carbocycles. The van der Waals surface area contributed by atoms with Crippen molar-refractivity contribution in [1.29, 1.82) is 0 Å². The maximum Gasteiger partial charge on any atom is 0.228 e. The van der Waals surface area contributed by atoms with E-state index in [2.05, 4.69) is 32.3 Å². The second kappa shape index (κ2) is 9.73. The highest BCUT2D eigenvalue weighted by atomic mass is 79.9. The lowest BCUT2D eigenvalue weighted by Crippen LogP contribution is -2.41. The number of hydrogen-bond acceptors (Lipinski definition) is 4. The number of aryl methyl sites for hydroxylation is 2. The number of fused-ring (bicyclic) bond motifs is 1. The normalized spacial score (nSPS) is 16.1. The number of aromatic nitrogens is 1. The number of nitrogens with zero attached hydrogens (tertiary/aromatic N) is 2. The smallest absolute Gasteiger partial charge is 0.228 e. The van der Waals surface area contributed by atoms with E-state index in [1.165, 1.54) is 11.1 Å². The van der Waals surface area contributed by atoms with Crippen LogP contribution in [0.1, 0.15) is 53.6 Å². The quantitative estimate of drug-likeness (QED) is 0.625. The van der Waals surface area contributed by atoms with Crippen LogP contribution in [0.4, 0.5) is 5.82 Å². The van der Waals surface area contributed by atoms with E-state index in [0.717, 1.165) is 23.7 Å². The molecule has 6 nitrogen and oxygen atoms in total. The van der Waals surface area contributed by atoms with Crippen molar-refractivity contribution in [2.45, 2.75) is 44.9 Å². The minimum atomic E-state index is -0.137. The van der Waals surface area contributed by atoms with Gasteiger partial charge in [-0.1, -0.05) is 12.1 Å². The van der Waals surface area contributed by atoms with Crippen molar-refractivity contribution in [2.24, 2.45) is 5.92 Å². The zero-order chi connectivity index (χ0) is 21.8. The number of Topliss-reactive ketones (excluding diaryl/α,β-unsaturated/α-hetero) is 1. The van der Waals surface area contributed by atoms with Crippen LogP contribution in [-0.2, 0) is 22.4 Å². The van der Waals surface area contributed by atoms with Crippen molar-refractivity contribution < 1.29 is 14.4 Å². The van der Waals surface area contributed by atoms with Gasteiger partial charge < -0.3 is 10.2 Å². The summed E-state index contributed by atoms with van der Waals surface area (Å²) in [5.74, 6) is 0.343. The molecule has 0 radical (unpaired) electrons. The Morgan fingerprint density at radius 2 is 1.81 bits per heavy atom. The molecule has 0 spiro atoms. The predicted molar refractivity (Wildman–Crippen MR) is 122 cm³/mol. The van der Waals surface area contributed by atoms with Gasteiger partial charge >= 0.3 is 0 Å². The zero-order valence-electron chi connectivity index (χ0n) is 17.4. The number of ketones is 1. The first-order chi connectivity index (χ1) is 15.0. The maximum absolute atomic E-state index is 12.6. The van der Waals surface area contributed by atoms with Gasteiger partial charge in [-0.3, -0.25) is 14.4 Å². The minimum absolute atomic E-state index is 0.0112. The molecule has 1 aliphatic carbocycles. The van der Waals surface area contributed by atoms with Crippen LogP contribution in [-0.4, -0.2) is 40.6 Å². The molecule has 1 aliphatic heterocycles. The molecule has 31 heavy (non-hydrogen) atoms. The molecule has 1 fully saturated rings. The van der Waals surface area contributed by atoms with Crippen molar-refractivity contribution >= 4 is 39.3 Å². The molecule has 0 bridgehead atoms. The van der Waals surface area contributed by atoms with Gasteiger partial charge in [-0.05, 0) is 77.4 Å².